The molecule has 1 unspecified atom stereocenters. The van der Waals surface area contributed by atoms with Gasteiger partial charge in [-0.2, -0.15) is 4.83 Å². The second-order valence-corrected chi connectivity index (χ2v) is 1.98. The fraction of sp³-hybridized carbons (Fsp3) is 1.00. The molecular formula is C3H10N2O2S. The van der Waals surface area contributed by atoms with Gasteiger partial charge in [0.25, 0.3) is 0 Å². The van der Waals surface area contributed by atoms with E-state index in [-0.39, 0.29) is 0 Å². The van der Waals surface area contributed by atoms with Crippen molar-refractivity contribution in [1.82, 2.24) is 10.3 Å². The van der Waals surface area contributed by atoms with Crippen molar-refractivity contribution in [2.24, 2.45) is 0 Å². The molecule has 4 nitrogen and oxygen atoms in total. The molecule has 0 rings (SSSR count). The smallest absolute Gasteiger partial charge is 0.245 e. The average molecular weight is 138 g/mol. The first-order valence-electron chi connectivity index (χ1n) is 2.36. The molecule has 8 heavy (non-hydrogen) atoms. The van der Waals surface area contributed by atoms with Crippen molar-refractivity contribution in [3.05, 3.63) is 0 Å². The molecule has 1 atom stereocenters. The molecule has 0 bridgehead atoms. The first-order valence-corrected chi connectivity index (χ1v) is 3.47. The van der Waals surface area contributed by atoms with Crippen LogP contribution in [0.3, 0.4) is 0 Å². The maximum Gasteiger partial charge on any atom is 0.245 e. The number of hydrogen-bond acceptors (Lipinski definition) is 2. The van der Waals surface area contributed by atoms with Crippen molar-refractivity contribution in [2.45, 2.75) is 13.3 Å². The Bertz CT molecular complexity index is 77.7. The zero-order chi connectivity index (χ0) is 6.41. The minimum Gasteiger partial charge on any atom is -0.293 e. The van der Waals surface area contributed by atoms with Crippen LogP contribution in [0.1, 0.15) is 13.3 Å². The van der Waals surface area contributed by atoms with Gasteiger partial charge < -0.3 is 0 Å². The van der Waals surface area contributed by atoms with E-state index >= 15 is 0 Å². The molecule has 0 aromatic carbocycles. The molecule has 0 spiro atoms. The lowest BCUT2D eigenvalue weighted by atomic mass is 10.5. The number of rotatable bonds is 4. The quantitative estimate of drug-likeness (QED) is 0.282. The van der Waals surface area contributed by atoms with Gasteiger partial charge in [-0.25, -0.2) is 9.63 Å². The SMILES string of the molecule is CCCNNS(=O)O. The third-order valence-electron chi connectivity index (χ3n) is 0.534. The molecule has 0 fully saturated rings. The summed E-state index contributed by atoms with van der Waals surface area (Å²) in [5.74, 6) is 0. The van der Waals surface area contributed by atoms with Crippen LogP contribution in [-0.4, -0.2) is 15.3 Å². The molecule has 0 radical (unpaired) electrons. The monoisotopic (exact) mass is 138 g/mol. The van der Waals surface area contributed by atoms with E-state index in [4.69, 9.17) is 4.55 Å². The summed E-state index contributed by atoms with van der Waals surface area (Å²) in [6.45, 7) is 2.67. The highest BCUT2D eigenvalue weighted by Gasteiger charge is 1.84. The van der Waals surface area contributed by atoms with Gasteiger partial charge in [0.2, 0.25) is 11.3 Å². The van der Waals surface area contributed by atoms with Crippen molar-refractivity contribution in [1.29, 1.82) is 0 Å². The molecule has 0 aliphatic carbocycles. The Morgan fingerprint density at radius 3 is 2.75 bits per heavy atom. The van der Waals surface area contributed by atoms with Crippen LogP contribution >= 0.6 is 0 Å². The van der Waals surface area contributed by atoms with Crippen LogP contribution in [0, 0.1) is 0 Å². The second kappa shape index (κ2) is 5.17. The molecule has 0 aromatic rings. The predicted octanol–water partition coefficient (Wildman–Crippen LogP) is -0.373. The molecule has 0 amide bonds. The van der Waals surface area contributed by atoms with E-state index in [1.807, 2.05) is 6.92 Å². The Kier molecular flexibility index (Phi) is 5.19. The van der Waals surface area contributed by atoms with Crippen LogP contribution in [0.5, 0.6) is 0 Å². The first kappa shape index (κ1) is 8.03. The Morgan fingerprint density at radius 2 is 2.38 bits per heavy atom. The maximum atomic E-state index is 9.81. The summed E-state index contributed by atoms with van der Waals surface area (Å²) >= 11 is -1.93. The minimum atomic E-state index is -1.93. The third kappa shape index (κ3) is 6.03. The van der Waals surface area contributed by atoms with Crippen LogP contribution in [0.2, 0.25) is 0 Å². The molecule has 0 saturated heterocycles. The zero-order valence-electron chi connectivity index (χ0n) is 4.68. The summed E-state index contributed by atoms with van der Waals surface area (Å²) in [6, 6.07) is 0. The molecule has 0 aromatic heterocycles. The van der Waals surface area contributed by atoms with Crippen molar-refractivity contribution in [3.8, 4) is 0 Å². The minimum absolute atomic E-state index is 0.701. The van der Waals surface area contributed by atoms with Crippen molar-refractivity contribution in [2.75, 3.05) is 6.54 Å². The maximum absolute atomic E-state index is 9.81. The van der Waals surface area contributed by atoms with E-state index in [0.29, 0.717) is 6.54 Å². The largest absolute Gasteiger partial charge is 0.293 e. The van der Waals surface area contributed by atoms with Crippen LogP contribution in [0.15, 0.2) is 0 Å². The van der Waals surface area contributed by atoms with Gasteiger partial charge in [0, 0.05) is 6.54 Å². The molecule has 50 valence electrons. The molecule has 0 aliphatic heterocycles. The fourth-order valence-corrected chi connectivity index (χ4v) is 0.463. The summed E-state index contributed by atoms with van der Waals surface area (Å²) in [5.41, 5.74) is 2.53. The average Bonchev–Trinajstić information content (AvgIpc) is 1.66. The van der Waals surface area contributed by atoms with Gasteiger partial charge in [0.1, 0.15) is 0 Å². The van der Waals surface area contributed by atoms with Crippen molar-refractivity contribution >= 4 is 11.3 Å². The number of hydrogen-bond donors (Lipinski definition) is 3. The number of nitrogens with one attached hydrogen (secondary N) is 2. The van der Waals surface area contributed by atoms with Gasteiger partial charge in [-0.1, -0.05) is 6.92 Å². The highest BCUT2D eigenvalue weighted by molar-refractivity contribution is 7.77. The van der Waals surface area contributed by atoms with E-state index in [9.17, 15) is 4.21 Å². The van der Waals surface area contributed by atoms with E-state index in [0.717, 1.165) is 6.42 Å². The Balaban J connectivity index is 2.82. The lowest BCUT2D eigenvalue weighted by molar-refractivity contribution is 0.525. The zero-order valence-corrected chi connectivity index (χ0v) is 5.49. The molecule has 5 heteroatoms. The van der Waals surface area contributed by atoms with Crippen LogP contribution in [0.4, 0.5) is 0 Å². The van der Waals surface area contributed by atoms with Gasteiger partial charge in [-0.3, -0.25) is 4.55 Å². The molecule has 0 heterocycles. The lowest BCUT2D eigenvalue weighted by Crippen LogP contribution is -2.33. The van der Waals surface area contributed by atoms with Gasteiger partial charge in [-0.05, 0) is 6.42 Å². The molecule has 0 aliphatic rings. The molecule has 0 saturated carbocycles. The van der Waals surface area contributed by atoms with Gasteiger partial charge in [0.15, 0.2) is 0 Å². The highest BCUT2D eigenvalue weighted by Crippen LogP contribution is 1.65. The summed E-state index contributed by atoms with van der Waals surface area (Å²) in [4.78, 5) is 2.12. The van der Waals surface area contributed by atoms with Crippen molar-refractivity contribution < 1.29 is 8.76 Å². The van der Waals surface area contributed by atoms with E-state index in [1.165, 1.54) is 0 Å². The normalized spacial score (nSPS) is 13.8. The highest BCUT2D eigenvalue weighted by atomic mass is 32.2. The fourth-order valence-electron chi connectivity index (χ4n) is 0.238. The summed E-state index contributed by atoms with van der Waals surface area (Å²) < 4.78 is 17.9. The Hall–Kier alpha value is 0.0300. The third-order valence-corrected chi connectivity index (χ3v) is 0.853. The Morgan fingerprint density at radius 1 is 1.75 bits per heavy atom. The summed E-state index contributed by atoms with van der Waals surface area (Å²) in [7, 11) is 0. The van der Waals surface area contributed by atoms with E-state index in [1.54, 1.807) is 0 Å². The van der Waals surface area contributed by atoms with Gasteiger partial charge >= 0.3 is 0 Å². The molecular weight excluding hydrogens is 128 g/mol. The standard InChI is InChI=1S/C3H10N2O2S/c1-2-3-4-5-8(6)7/h4-5H,2-3H2,1H3,(H,6,7). The first-order chi connectivity index (χ1) is 3.77. The van der Waals surface area contributed by atoms with Crippen LogP contribution in [-0.2, 0) is 11.3 Å². The molecule has 3 N–H and O–H groups in total. The van der Waals surface area contributed by atoms with Gasteiger partial charge in [0.05, 0.1) is 0 Å². The van der Waals surface area contributed by atoms with Crippen LogP contribution in [0.25, 0.3) is 0 Å². The Labute approximate surface area is 51.1 Å². The topological polar surface area (TPSA) is 61.4 Å². The summed E-state index contributed by atoms with van der Waals surface area (Å²) in [5, 5.41) is 0. The van der Waals surface area contributed by atoms with E-state index < -0.39 is 11.3 Å². The van der Waals surface area contributed by atoms with E-state index in [2.05, 4.69) is 10.3 Å². The van der Waals surface area contributed by atoms with Crippen molar-refractivity contribution in [3.63, 3.8) is 0 Å². The second-order valence-electron chi connectivity index (χ2n) is 1.28. The summed E-state index contributed by atoms with van der Waals surface area (Å²) in [6.07, 6.45) is 0.935. The predicted molar refractivity (Wildman–Crippen MR) is 32.2 cm³/mol. The van der Waals surface area contributed by atoms with Crippen LogP contribution < -0.4 is 10.3 Å². The number of hydrazine groups is 1. The van der Waals surface area contributed by atoms with Gasteiger partial charge in [-0.15, -0.1) is 0 Å². The lowest BCUT2D eigenvalue weighted by Gasteiger charge is -1.97.